The molecule has 35 heavy (non-hydrogen) atoms. The summed E-state index contributed by atoms with van der Waals surface area (Å²) in [6.45, 7) is 2.29. The number of rotatable bonds is 7. The van der Waals surface area contributed by atoms with E-state index < -0.39 is 5.91 Å². The van der Waals surface area contributed by atoms with E-state index in [9.17, 15) is 10.1 Å². The minimum atomic E-state index is -0.482. The number of halogens is 1. The SMILES string of the molecule is COc1cc(/C=C(/C#N)C(=O)Nc2cccc(C)c2)cc(Br)c1OCc1ccc2ccccc2c1. The first kappa shape index (κ1) is 24.1. The fraction of sp³-hybridized carbons (Fsp3) is 0.103. The highest BCUT2D eigenvalue weighted by molar-refractivity contribution is 9.10. The number of methoxy groups -OCH3 is 1. The van der Waals surface area contributed by atoms with Gasteiger partial charge in [-0.05, 0) is 86.7 Å². The van der Waals surface area contributed by atoms with Crippen molar-refractivity contribution in [2.75, 3.05) is 12.4 Å². The van der Waals surface area contributed by atoms with Gasteiger partial charge in [0.2, 0.25) is 0 Å². The van der Waals surface area contributed by atoms with Crippen LogP contribution < -0.4 is 14.8 Å². The maximum absolute atomic E-state index is 12.6. The zero-order chi connectivity index (χ0) is 24.8. The predicted molar refractivity (Wildman–Crippen MR) is 142 cm³/mol. The van der Waals surface area contributed by atoms with E-state index >= 15 is 0 Å². The van der Waals surface area contributed by atoms with Gasteiger partial charge in [0.05, 0.1) is 11.6 Å². The molecule has 1 N–H and O–H groups in total. The minimum Gasteiger partial charge on any atom is -0.493 e. The summed E-state index contributed by atoms with van der Waals surface area (Å²) in [5.41, 5.74) is 3.28. The molecule has 0 atom stereocenters. The number of fused-ring (bicyclic) bond motifs is 1. The first-order chi connectivity index (χ1) is 17.0. The fourth-order valence-electron chi connectivity index (χ4n) is 3.68. The van der Waals surface area contributed by atoms with Gasteiger partial charge in [-0.2, -0.15) is 5.26 Å². The Labute approximate surface area is 212 Å². The van der Waals surface area contributed by atoms with Crippen molar-refractivity contribution in [1.29, 1.82) is 5.26 Å². The van der Waals surface area contributed by atoms with Gasteiger partial charge in [-0.1, -0.05) is 48.5 Å². The normalized spacial score (nSPS) is 11.1. The van der Waals surface area contributed by atoms with Crippen molar-refractivity contribution in [2.45, 2.75) is 13.5 Å². The summed E-state index contributed by atoms with van der Waals surface area (Å²) in [4.78, 5) is 12.6. The lowest BCUT2D eigenvalue weighted by Crippen LogP contribution is -2.13. The van der Waals surface area contributed by atoms with Crippen molar-refractivity contribution in [1.82, 2.24) is 0 Å². The Morgan fingerprint density at radius 2 is 1.83 bits per heavy atom. The maximum atomic E-state index is 12.6. The zero-order valence-electron chi connectivity index (χ0n) is 19.3. The molecule has 6 heteroatoms. The third-order valence-corrected chi connectivity index (χ3v) is 5.99. The average Bonchev–Trinajstić information content (AvgIpc) is 2.86. The van der Waals surface area contributed by atoms with Gasteiger partial charge in [-0.3, -0.25) is 4.79 Å². The quantitative estimate of drug-likeness (QED) is 0.207. The predicted octanol–water partition coefficient (Wildman–Crippen LogP) is 7.04. The Morgan fingerprint density at radius 3 is 2.57 bits per heavy atom. The van der Waals surface area contributed by atoms with Gasteiger partial charge in [0.15, 0.2) is 11.5 Å². The molecule has 0 saturated carbocycles. The minimum absolute atomic E-state index is 0.0229. The van der Waals surface area contributed by atoms with Crippen molar-refractivity contribution in [2.24, 2.45) is 0 Å². The van der Waals surface area contributed by atoms with E-state index in [-0.39, 0.29) is 5.57 Å². The van der Waals surface area contributed by atoms with Crippen LogP contribution in [0.15, 0.2) is 88.9 Å². The Balaban J connectivity index is 1.54. The topological polar surface area (TPSA) is 71.3 Å². The average molecular weight is 527 g/mol. The van der Waals surface area contributed by atoms with Gasteiger partial charge in [0.25, 0.3) is 5.91 Å². The van der Waals surface area contributed by atoms with Crippen molar-refractivity contribution in [3.05, 3.63) is 106 Å². The van der Waals surface area contributed by atoms with Gasteiger partial charge >= 0.3 is 0 Å². The highest BCUT2D eigenvalue weighted by Gasteiger charge is 2.14. The number of benzene rings is 4. The summed E-state index contributed by atoms with van der Waals surface area (Å²) >= 11 is 3.55. The second-order valence-electron chi connectivity index (χ2n) is 8.00. The largest absolute Gasteiger partial charge is 0.493 e. The molecule has 0 aliphatic carbocycles. The van der Waals surface area contributed by atoms with Crippen LogP contribution in [0, 0.1) is 18.3 Å². The van der Waals surface area contributed by atoms with Crippen LogP contribution in [-0.2, 0) is 11.4 Å². The number of carbonyl (C=O) groups excluding carboxylic acids is 1. The number of hydrogen-bond acceptors (Lipinski definition) is 4. The van der Waals surface area contributed by atoms with E-state index in [0.717, 1.165) is 16.5 Å². The monoisotopic (exact) mass is 526 g/mol. The van der Waals surface area contributed by atoms with Crippen molar-refractivity contribution in [3.8, 4) is 17.6 Å². The molecule has 0 aromatic heterocycles. The molecule has 0 aliphatic heterocycles. The number of carbonyl (C=O) groups is 1. The van der Waals surface area contributed by atoms with Crippen molar-refractivity contribution in [3.63, 3.8) is 0 Å². The van der Waals surface area contributed by atoms with Crippen LogP contribution in [0.1, 0.15) is 16.7 Å². The molecule has 0 unspecified atom stereocenters. The molecule has 5 nitrogen and oxygen atoms in total. The highest BCUT2D eigenvalue weighted by Crippen LogP contribution is 2.38. The Bertz CT molecular complexity index is 1470. The Kier molecular flexibility index (Phi) is 7.49. The highest BCUT2D eigenvalue weighted by atomic mass is 79.9. The van der Waals surface area contributed by atoms with Gasteiger partial charge < -0.3 is 14.8 Å². The number of aryl methyl sites for hydroxylation is 1. The van der Waals surface area contributed by atoms with Crippen LogP contribution >= 0.6 is 15.9 Å². The fourth-order valence-corrected chi connectivity index (χ4v) is 4.26. The molecule has 4 aromatic carbocycles. The second kappa shape index (κ2) is 10.9. The standard InChI is InChI=1S/C29H23BrN2O3/c1-19-6-5-9-25(12-19)32-29(33)24(17-31)14-21-15-26(30)28(27(16-21)34-2)35-18-20-10-11-22-7-3-4-8-23(22)13-20/h3-16H,18H2,1-2H3,(H,32,33)/b24-14-. The summed E-state index contributed by atoms with van der Waals surface area (Å²) in [5.74, 6) is 0.549. The van der Waals surface area contributed by atoms with Gasteiger partial charge in [-0.15, -0.1) is 0 Å². The lowest BCUT2D eigenvalue weighted by molar-refractivity contribution is -0.112. The molecule has 174 valence electrons. The molecule has 0 bridgehead atoms. The van der Waals surface area contributed by atoms with Crippen molar-refractivity contribution < 1.29 is 14.3 Å². The van der Waals surface area contributed by atoms with Crippen LogP contribution in [-0.4, -0.2) is 13.0 Å². The number of anilines is 1. The van der Waals surface area contributed by atoms with E-state index in [1.807, 2.05) is 49.4 Å². The van der Waals surface area contributed by atoms with Crippen LogP contribution in [0.5, 0.6) is 11.5 Å². The number of amides is 1. The summed E-state index contributed by atoms with van der Waals surface area (Å²) in [7, 11) is 1.55. The molecule has 4 aromatic rings. The molecular weight excluding hydrogens is 504 g/mol. The molecule has 0 fully saturated rings. The van der Waals surface area contributed by atoms with Gasteiger partial charge in [0.1, 0.15) is 18.2 Å². The van der Waals surface area contributed by atoms with Crippen molar-refractivity contribution >= 4 is 44.4 Å². The van der Waals surface area contributed by atoms with Gasteiger partial charge in [0, 0.05) is 5.69 Å². The number of nitrogens with one attached hydrogen (secondary N) is 1. The van der Waals surface area contributed by atoms with Crippen LogP contribution in [0.2, 0.25) is 0 Å². The Morgan fingerprint density at radius 1 is 1.03 bits per heavy atom. The lowest BCUT2D eigenvalue weighted by Gasteiger charge is -2.14. The third-order valence-electron chi connectivity index (χ3n) is 5.40. The van der Waals surface area contributed by atoms with Crippen LogP contribution in [0.25, 0.3) is 16.8 Å². The van der Waals surface area contributed by atoms with E-state index in [1.54, 1.807) is 25.3 Å². The first-order valence-corrected chi connectivity index (χ1v) is 11.7. The summed E-state index contributed by atoms with van der Waals surface area (Å²) < 4.78 is 12.3. The van der Waals surface area contributed by atoms with E-state index in [1.165, 1.54) is 11.5 Å². The van der Waals surface area contributed by atoms with Crippen LogP contribution in [0.3, 0.4) is 0 Å². The van der Waals surface area contributed by atoms with E-state index in [0.29, 0.717) is 33.8 Å². The number of hydrogen-bond donors (Lipinski definition) is 1. The zero-order valence-corrected chi connectivity index (χ0v) is 20.9. The number of nitrogens with zero attached hydrogens (tertiary/aromatic N) is 1. The number of ether oxygens (including phenoxy) is 2. The third kappa shape index (κ3) is 5.89. The summed E-state index contributed by atoms with van der Waals surface area (Å²) in [5, 5.41) is 14.7. The van der Waals surface area contributed by atoms with E-state index in [4.69, 9.17) is 9.47 Å². The molecule has 1 amide bonds. The maximum Gasteiger partial charge on any atom is 0.266 e. The summed E-state index contributed by atoms with van der Waals surface area (Å²) in [6, 6.07) is 27.3. The smallest absolute Gasteiger partial charge is 0.266 e. The van der Waals surface area contributed by atoms with Gasteiger partial charge in [-0.25, -0.2) is 0 Å². The van der Waals surface area contributed by atoms with E-state index in [2.05, 4.69) is 45.5 Å². The number of nitriles is 1. The lowest BCUT2D eigenvalue weighted by atomic mass is 10.1. The molecular formula is C29H23BrN2O3. The second-order valence-corrected chi connectivity index (χ2v) is 8.85. The molecule has 0 saturated heterocycles. The molecule has 0 aliphatic rings. The Hall–Kier alpha value is -4.08. The molecule has 4 rings (SSSR count). The molecule has 0 heterocycles. The molecule has 0 radical (unpaired) electrons. The van der Waals surface area contributed by atoms with Crippen LogP contribution in [0.4, 0.5) is 5.69 Å². The molecule has 0 spiro atoms. The summed E-state index contributed by atoms with van der Waals surface area (Å²) in [6.07, 6.45) is 1.52. The first-order valence-electron chi connectivity index (χ1n) is 10.9.